The van der Waals surface area contributed by atoms with Crippen molar-refractivity contribution < 1.29 is 0 Å². The van der Waals surface area contributed by atoms with Gasteiger partial charge in [0.1, 0.15) is 0 Å². The summed E-state index contributed by atoms with van der Waals surface area (Å²) in [4.78, 5) is 2.47. The summed E-state index contributed by atoms with van der Waals surface area (Å²) in [5.74, 6) is 0. The predicted octanol–water partition coefficient (Wildman–Crippen LogP) is 4.20. The molecule has 2 N–H and O–H groups in total. The molecule has 1 aromatic carbocycles. The molecule has 21 heavy (non-hydrogen) atoms. The van der Waals surface area contributed by atoms with Crippen molar-refractivity contribution in [2.45, 2.75) is 59.5 Å². The van der Waals surface area contributed by atoms with Gasteiger partial charge >= 0.3 is 0 Å². The minimum Gasteiger partial charge on any atom is -0.399 e. The number of nitrogen functional groups attached to an aromatic ring is 1. The molecule has 3 nitrogen and oxygen atoms in total. The number of hydrogen-bond acceptors (Lipinski definition) is 3. The zero-order chi connectivity index (χ0) is 15.9. The van der Waals surface area contributed by atoms with Gasteiger partial charge in [-0.3, -0.25) is 4.90 Å². The first kappa shape index (κ1) is 17.5. The van der Waals surface area contributed by atoms with Gasteiger partial charge in [0, 0.05) is 18.3 Å². The molecule has 3 heteroatoms. The molecule has 0 aromatic heterocycles. The number of nitriles is 1. The summed E-state index contributed by atoms with van der Waals surface area (Å²) in [5.41, 5.74) is 7.74. The number of anilines is 1. The fourth-order valence-electron chi connectivity index (χ4n) is 2.38. The van der Waals surface area contributed by atoms with E-state index in [0.717, 1.165) is 38.0 Å². The number of benzene rings is 1. The van der Waals surface area contributed by atoms with Gasteiger partial charge in [0.15, 0.2) is 0 Å². The molecule has 0 aliphatic heterocycles. The summed E-state index contributed by atoms with van der Waals surface area (Å²) in [6.45, 7) is 10.5. The van der Waals surface area contributed by atoms with Gasteiger partial charge in [-0.1, -0.05) is 18.6 Å². The van der Waals surface area contributed by atoms with Crippen LogP contribution in [0.15, 0.2) is 24.3 Å². The van der Waals surface area contributed by atoms with Crippen LogP contribution in [0.3, 0.4) is 0 Å². The summed E-state index contributed by atoms with van der Waals surface area (Å²) in [6.07, 6.45) is 3.19. The van der Waals surface area contributed by atoms with Crippen LogP contribution in [0, 0.1) is 16.7 Å². The van der Waals surface area contributed by atoms with Gasteiger partial charge in [-0.25, -0.2) is 0 Å². The Morgan fingerprint density at radius 1 is 1.29 bits per heavy atom. The Bertz CT molecular complexity index is 472. The highest BCUT2D eigenvalue weighted by atomic mass is 15.1. The number of unbranched alkanes of at least 4 members (excludes halogenated alkanes) is 1. The van der Waals surface area contributed by atoms with Gasteiger partial charge in [-0.05, 0) is 64.8 Å². The molecule has 0 atom stereocenters. The van der Waals surface area contributed by atoms with Crippen LogP contribution >= 0.6 is 0 Å². The van der Waals surface area contributed by atoms with Gasteiger partial charge in [-0.2, -0.15) is 5.26 Å². The molecule has 0 saturated carbocycles. The van der Waals surface area contributed by atoms with Gasteiger partial charge in [-0.15, -0.1) is 0 Å². The number of hydrogen-bond donors (Lipinski definition) is 1. The molecule has 0 saturated heterocycles. The topological polar surface area (TPSA) is 53.0 Å². The normalized spacial score (nSPS) is 11.9. The monoisotopic (exact) mass is 287 g/mol. The SMILES string of the molecule is CC(C)N(CCCCC(C)(C)C#N)Cc1cccc(N)c1. The summed E-state index contributed by atoms with van der Waals surface area (Å²) in [7, 11) is 0. The number of rotatable bonds is 8. The Morgan fingerprint density at radius 2 is 2.00 bits per heavy atom. The molecule has 0 radical (unpaired) electrons. The molecule has 0 aliphatic carbocycles. The first-order valence-electron chi connectivity index (χ1n) is 7.84. The van der Waals surface area contributed by atoms with Crippen LogP contribution in [0.2, 0.25) is 0 Å². The van der Waals surface area contributed by atoms with E-state index >= 15 is 0 Å². The van der Waals surface area contributed by atoms with E-state index < -0.39 is 0 Å². The van der Waals surface area contributed by atoms with Crippen molar-refractivity contribution in [2.75, 3.05) is 12.3 Å². The Hall–Kier alpha value is -1.53. The van der Waals surface area contributed by atoms with Crippen molar-refractivity contribution in [1.29, 1.82) is 5.26 Å². The molecule has 0 bridgehead atoms. The third-order valence-electron chi connectivity index (χ3n) is 3.87. The van der Waals surface area contributed by atoms with Crippen LogP contribution in [0.5, 0.6) is 0 Å². The standard InChI is InChI=1S/C18H29N3/c1-15(2)21(11-6-5-10-18(3,4)14-19)13-16-8-7-9-17(20)12-16/h7-9,12,15H,5-6,10-11,13,20H2,1-4H3. The Morgan fingerprint density at radius 3 is 2.57 bits per heavy atom. The summed E-state index contributed by atoms with van der Waals surface area (Å²) < 4.78 is 0. The first-order chi connectivity index (χ1) is 9.84. The molecule has 1 aromatic rings. The minimum absolute atomic E-state index is 0.198. The van der Waals surface area contributed by atoms with E-state index in [2.05, 4.69) is 30.9 Å². The fourth-order valence-corrected chi connectivity index (χ4v) is 2.38. The Balaban J connectivity index is 2.46. The lowest BCUT2D eigenvalue weighted by atomic mass is 9.89. The van der Waals surface area contributed by atoms with Crippen LogP contribution in [0.1, 0.15) is 52.5 Å². The van der Waals surface area contributed by atoms with Crippen molar-refractivity contribution in [3.8, 4) is 6.07 Å². The summed E-state index contributed by atoms with van der Waals surface area (Å²) in [5, 5.41) is 9.04. The van der Waals surface area contributed by atoms with E-state index in [4.69, 9.17) is 11.0 Å². The van der Waals surface area contributed by atoms with Crippen LogP contribution < -0.4 is 5.73 Å². The third kappa shape index (κ3) is 6.64. The van der Waals surface area contributed by atoms with Gasteiger partial charge in [0.2, 0.25) is 0 Å². The van der Waals surface area contributed by atoms with Crippen molar-refractivity contribution in [3.63, 3.8) is 0 Å². The smallest absolute Gasteiger partial charge is 0.0683 e. The molecule has 0 amide bonds. The molecule has 116 valence electrons. The average Bonchev–Trinajstić information content (AvgIpc) is 2.42. The first-order valence-corrected chi connectivity index (χ1v) is 7.84. The van der Waals surface area contributed by atoms with E-state index in [9.17, 15) is 0 Å². The van der Waals surface area contributed by atoms with Gasteiger partial charge in [0.25, 0.3) is 0 Å². The maximum Gasteiger partial charge on any atom is 0.0683 e. The second-order valence-electron chi connectivity index (χ2n) is 6.76. The maximum atomic E-state index is 9.04. The molecule has 0 spiro atoms. The molecule has 0 unspecified atom stereocenters. The third-order valence-corrected chi connectivity index (χ3v) is 3.87. The van der Waals surface area contributed by atoms with E-state index in [1.165, 1.54) is 5.56 Å². The zero-order valence-corrected chi connectivity index (χ0v) is 13.9. The average molecular weight is 287 g/mol. The van der Waals surface area contributed by atoms with Crippen molar-refractivity contribution in [2.24, 2.45) is 5.41 Å². The lowest BCUT2D eigenvalue weighted by molar-refractivity contribution is 0.205. The lowest BCUT2D eigenvalue weighted by Gasteiger charge is -2.27. The van der Waals surface area contributed by atoms with Crippen molar-refractivity contribution >= 4 is 5.69 Å². The highest BCUT2D eigenvalue weighted by Gasteiger charge is 2.16. The van der Waals surface area contributed by atoms with E-state index in [1.54, 1.807) is 0 Å². The number of nitrogens with two attached hydrogens (primary N) is 1. The minimum atomic E-state index is -0.198. The molecule has 0 aliphatic rings. The highest BCUT2D eigenvalue weighted by molar-refractivity contribution is 5.40. The van der Waals surface area contributed by atoms with Crippen LogP contribution in [-0.2, 0) is 6.54 Å². The van der Waals surface area contributed by atoms with Crippen LogP contribution in [-0.4, -0.2) is 17.5 Å². The van der Waals surface area contributed by atoms with Crippen LogP contribution in [0.25, 0.3) is 0 Å². The second kappa shape index (κ2) is 8.05. The maximum absolute atomic E-state index is 9.04. The van der Waals surface area contributed by atoms with E-state index in [1.807, 2.05) is 32.0 Å². The second-order valence-corrected chi connectivity index (χ2v) is 6.76. The molecular formula is C18H29N3. The fraction of sp³-hybridized carbons (Fsp3) is 0.611. The van der Waals surface area contributed by atoms with E-state index in [-0.39, 0.29) is 5.41 Å². The number of nitrogens with zero attached hydrogens (tertiary/aromatic N) is 2. The van der Waals surface area contributed by atoms with E-state index in [0.29, 0.717) is 6.04 Å². The molecule has 1 rings (SSSR count). The zero-order valence-electron chi connectivity index (χ0n) is 13.9. The molecular weight excluding hydrogens is 258 g/mol. The van der Waals surface area contributed by atoms with Crippen LogP contribution in [0.4, 0.5) is 5.69 Å². The van der Waals surface area contributed by atoms with Crippen molar-refractivity contribution in [1.82, 2.24) is 4.90 Å². The Kier molecular flexibility index (Phi) is 6.71. The quantitative estimate of drug-likeness (QED) is 0.576. The largest absolute Gasteiger partial charge is 0.399 e. The van der Waals surface area contributed by atoms with Crippen molar-refractivity contribution in [3.05, 3.63) is 29.8 Å². The van der Waals surface area contributed by atoms with Gasteiger partial charge < -0.3 is 5.73 Å². The highest BCUT2D eigenvalue weighted by Crippen LogP contribution is 2.22. The lowest BCUT2D eigenvalue weighted by Crippen LogP contribution is -2.31. The summed E-state index contributed by atoms with van der Waals surface area (Å²) >= 11 is 0. The van der Waals surface area contributed by atoms with Gasteiger partial charge in [0.05, 0.1) is 11.5 Å². The predicted molar refractivity (Wildman–Crippen MR) is 89.6 cm³/mol. The summed E-state index contributed by atoms with van der Waals surface area (Å²) in [6, 6.07) is 11.0. The Labute approximate surface area is 129 Å². The molecule has 0 heterocycles. The molecule has 0 fully saturated rings.